The van der Waals surface area contributed by atoms with Crippen LogP contribution in [0.25, 0.3) is 0 Å². The summed E-state index contributed by atoms with van der Waals surface area (Å²) in [7, 11) is 0. The van der Waals surface area contributed by atoms with Crippen LogP contribution in [-0.4, -0.2) is 30.5 Å². The molecular weight excluding hydrogens is 292 g/mol. The number of nitrogens with zero attached hydrogens (tertiary/aromatic N) is 1. The third kappa shape index (κ3) is 4.13. The van der Waals surface area contributed by atoms with Gasteiger partial charge < -0.3 is 14.5 Å². The van der Waals surface area contributed by atoms with E-state index in [0.29, 0.717) is 12.4 Å². The smallest absolute Gasteiger partial charge is 0.291 e. The van der Waals surface area contributed by atoms with E-state index < -0.39 is 0 Å². The predicted molar refractivity (Wildman–Crippen MR) is 88.8 cm³/mol. The van der Waals surface area contributed by atoms with Crippen molar-refractivity contribution in [1.29, 1.82) is 0 Å². The van der Waals surface area contributed by atoms with Crippen molar-refractivity contribution in [2.45, 2.75) is 26.3 Å². The quantitative estimate of drug-likeness (QED) is 0.886. The minimum atomic E-state index is -0.234. The molecule has 1 aliphatic rings. The van der Waals surface area contributed by atoms with Crippen LogP contribution in [0.4, 0.5) is 5.69 Å². The molecule has 0 unspecified atom stereocenters. The SMILES string of the molecule is CCOc1ccc(NC(=O)c2ccc(CN3CCCC3)o2)cc1. The summed E-state index contributed by atoms with van der Waals surface area (Å²) in [4.78, 5) is 14.6. The van der Waals surface area contributed by atoms with E-state index >= 15 is 0 Å². The number of nitrogens with one attached hydrogen (secondary N) is 1. The van der Waals surface area contributed by atoms with Crippen molar-refractivity contribution in [3.05, 3.63) is 47.9 Å². The Morgan fingerprint density at radius 3 is 2.61 bits per heavy atom. The molecule has 2 aromatic rings. The van der Waals surface area contributed by atoms with Crippen LogP contribution in [0.15, 0.2) is 40.8 Å². The second-order valence-corrected chi connectivity index (χ2v) is 5.66. The van der Waals surface area contributed by atoms with Gasteiger partial charge in [-0.05, 0) is 69.3 Å². The number of ether oxygens (including phenoxy) is 1. The van der Waals surface area contributed by atoms with Gasteiger partial charge in [0.2, 0.25) is 0 Å². The molecule has 1 aromatic heterocycles. The monoisotopic (exact) mass is 314 g/mol. The lowest BCUT2D eigenvalue weighted by atomic mass is 10.3. The molecule has 1 N–H and O–H groups in total. The van der Waals surface area contributed by atoms with Crippen molar-refractivity contribution in [2.24, 2.45) is 0 Å². The molecule has 1 fully saturated rings. The highest BCUT2D eigenvalue weighted by Crippen LogP contribution is 2.18. The molecule has 2 heterocycles. The number of hydrogen-bond donors (Lipinski definition) is 1. The molecule has 23 heavy (non-hydrogen) atoms. The van der Waals surface area contributed by atoms with Crippen molar-refractivity contribution in [1.82, 2.24) is 4.90 Å². The number of rotatable bonds is 6. The summed E-state index contributed by atoms with van der Waals surface area (Å²) in [5.74, 6) is 1.73. The van der Waals surface area contributed by atoms with E-state index in [2.05, 4.69) is 10.2 Å². The molecule has 5 nitrogen and oxygen atoms in total. The molecule has 0 radical (unpaired) electrons. The standard InChI is InChI=1S/C18H22N2O3/c1-2-22-15-7-5-14(6-8-15)19-18(21)17-10-9-16(23-17)13-20-11-3-4-12-20/h5-10H,2-4,11-13H2,1H3,(H,19,21). The van der Waals surface area contributed by atoms with Crippen LogP contribution in [0.1, 0.15) is 36.1 Å². The molecule has 1 aromatic carbocycles. The van der Waals surface area contributed by atoms with Gasteiger partial charge in [0.25, 0.3) is 5.91 Å². The third-order valence-electron chi connectivity index (χ3n) is 3.89. The summed E-state index contributed by atoms with van der Waals surface area (Å²) in [5, 5.41) is 2.83. The first kappa shape index (κ1) is 15.6. The van der Waals surface area contributed by atoms with Crippen molar-refractivity contribution < 1.29 is 13.9 Å². The van der Waals surface area contributed by atoms with Crippen LogP contribution >= 0.6 is 0 Å². The molecule has 0 atom stereocenters. The van der Waals surface area contributed by atoms with E-state index in [1.54, 1.807) is 6.07 Å². The minimum absolute atomic E-state index is 0.234. The summed E-state index contributed by atoms with van der Waals surface area (Å²) in [6.07, 6.45) is 2.48. The maximum Gasteiger partial charge on any atom is 0.291 e. The van der Waals surface area contributed by atoms with E-state index in [-0.39, 0.29) is 5.91 Å². The lowest BCUT2D eigenvalue weighted by Crippen LogP contribution is -2.18. The van der Waals surface area contributed by atoms with Crippen LogP contribution in [0.2, 0.25) is 0 Å². The summed E-state index contributed by atoms with van der Waals surface area (Å²) >= 11 is 0. The van der Waals surface area contributed by atoms with Gasteiger partial charge >= 0.3 is 0 Å². The van der Waals surface area contributed by atoms with Crippen LogP contribution in [0.3, 0.4) is 0 Å². The lowest BCUT2D eigenvalue weighted by Gasteiger charge is -2.11. The highest BCUT2D eigenvalue weighted by molar-refractivity contribution is 6.02. The molecule has 3 rings (SSSR count). The average Bonchev–Trinajstić information content (AvgIpc) is 3.22. The molecule has 1 aliphatic heterocycles. The molecule has 0 saturated carbocycles. The Bertz CT molecular complexity index is 643. The van der Waals surface area contributed by atoms with Crippen LogP contribution in [-0.2, 0) is 6.54 Å². The number of anilines is 1. The van der Waals surface area contributed by atoms with Gasteiger partial charge in [0.15, 0.2) is 5.76 Å². The number of furan rings is 1. The van der Waals surface area contributed by atoms with Crippen molar-refractivity contribution >= 4 is 11.6 Å². The molecule has 1 saturated heterocycles. The van der Waals surface area contributed by atoms with Gasteiger partial charge in [-0.25, -0.2) is 0 Å². The number of likely N-dealkylation sites (tertiary alicyclic amines) is 1. The van der Waals surface area contributed by atoms with Crippen molar-refractivity contribution in [2.75, 3.05) is 25.0 Å². The molecular formula is C18H22N2O3. The Balaban J connectivity index is 1.58. The Morgan fingerprint density at radius 1 is 1.17 bits per heavy atom. The normalized spacial score (nSPS) is 14.8. The Kier molecular flexibility index (Phi) is 4.98. The summed E-state index contributed by atoms with van der Waals surface area (Å²) in [6.45, 7) is 5.55. The molecule has 0 aliphatic carbocycles. The number of carbonyl (C=O) groups is 1. The van der Waals surface area contributed by atoms with E-state index in [0.717, 1.165) is 36.8 Å². The Morgan fingerprint density at radius 2 is 1.91 bits per heavy atom. The topological polar surface area (TPSA) is 54.7 Å². The van der Waals surface area contributed by atoms with E-state index in [1.165, 1.54) is 12.8 Å². The fourth-order valence-corrected chi connectivity index (χ4v) is 2.74. The van der Waals surface area contributed by atoms with E-state index in [1.807, 2.05) is 37.3 Å². The zero-order chi connectivity index (χ0) is 16.1. The van der Waals surface area contributed by atoms with Gasteiger partial charge in [-0.2, -0.15) is 0 Å². The maximum atomic E-state index is 12.2. The fraction of sp³-hybridized carbons (Fsp3) is 0.389. The summed E-state index contributed by atoms with van der Waals surface area (Å²) in [5.41, 5.74) is 0.718. The largest absolute Gasteiger partial charge is 0.494 e. The van der Waals surface area contributed by atoms with Crippen LogP contribution in [0, 0.1) is 0 Å². The third-order valence-corrected chi connectivity index (χ3v) is 3.89. The number of amides is 1. The number of hydrogen-bond acceptors (Lipinski definition) is 4. The number of benzene rings is 1. The second kappa shape index (κ2) is 7.33. The van der Waals surface area contributed by atoms with Gasteiger partial charge in [0.1, 0.15) is 11.5 Å². The summed E-state index contributed by atoms with van der Waals surface area (Å²) < 4.78 is 11.0. The molecule has 0 bridgehead atoms. The molecule has 0 spiro atoms. The van der Waals surface area contributed by atoms with Gasteiger partial charge in [-0.15, -0.1) is 0 Å². The highest BCUT2D eigenvalue weighted by atomic mass is 16.5. The molecule has 1 amide bonds. The first-order valence-electron chi connectivity index (χ1n) is 8.10. The highest BCUT2D eigenvalue weighted by Gasteiger charge is 2.16. The van der Waals surface area contributed by atoms with Gasteiger partial charge in [-0.3, -0.25) is 9.69 Å². The number of carbonyl (C=O) groups excluding carboxylic acids is 1. The van der Waals surface area contributed by atoms with Gasteiger partial charge in [-0.1, -0.05) is 0 Å². The fourth-order valence-electron chi connectivity index (χ4n) is 2.74. The van der Waals surface area contributed by atoms with Gasteiger partial charge in [0, 0.05) is 5.69 Å². The average molecular weight is 314 g/mol. The lowest BCUT2D eigenvalue weighted by molar-refractivity contribution is 0.0993. The molecule has 5 heteroatoms. The predicted octanol–water partition coefficient (Wildman–Crippen LogP) is 3.53. The zero-order valence-electron chi connectivity index (χ0n) is 13.4. The maximum absolute atomic E-state index is 12.2. The zero-order valence-corrected chi connectivity index (χ0v) is 13.4. The molecule has 122 valence electrons. The van der Waals surface area contributed by atoms with Crippen molar-refractivity contribution in [3.63, 3.8) is 0 Å². The van der Waals surface area contributed by atoms with Crippen molar-refractivity contribution in [3.8, 4) is 5.75 Å². The Labute approximate surface area is 136 Å². The first-order valence-corrected chi connectivity index (χ1v) is 8.10. The first-order chi connectivity index (χ1) is 11.2. The van der Waals surface area contributed by atoms with Crippen LogP contribution < -0.4 is 10.1 Å². The summed E-state index contributed by atoms with van der Waals surface area (Å²) in [6, 6.07) is 10.9. The second-order valence-electron chi connectivity index (χ2n) is 5.66. The Hall–Kier alpha value is -2.27. The van der Waals surface area contributed by atoms with Crippen LogP contribution in [0.5, 0.6) is 5.75 Å². The van der Waals surface area contributed by atoms with E-state index in [4.69, 9.17) is 9.15 Å². The minimum Gasteiger partial charge on any atom is -0.494 e. The van der Waals surface area contributed by atoms with E-state index in [9.17, 15) is 4.79 Å². The van der Waals surface area contributed by atoms with Gasteiger partial charge in [0.05, 0.1) is 13.2 Å².